The first-order chi connectivity index (χ1) is 14.8. The number of imidazole rings is 1. The van der Waals surface area contributed by atoms with Crippen LogP contribution in [0.5, 0.6) is 5.75 Å². The van der Waals surface area contributed by atoms with Gasteiger partial charge in [-0.1, -0.05) is 0 Å². The molecule has 1 aromatic carbocycles. The van der Waals surface area contributed by atoms with Crippen LogP contribution in [0, 0.1) is 0 Å². The first kappa shape index (κ1) is 21.8. The Morgan fingerprint density at radius 2 is 1.84 bits per heavy atom. The lowest BCUT2D eigenvalue weighted by Gasteiger charge is -2.31. The molecule has 0 aliphatic carbocycles. The largest absolute Gasteiger partial charge is 0.497 e. The number of pyridine rings is 1. The van der Waals surface area contributed by atoms with Crippen LogP contribution in [0.2, 0.25) is 0 Å². The third kappa shape index (κ3) is 4.19. The highest BCUT2D eigenvalue weighted by atomic mass is 32.2. The minimum atomic E-state index is -3.14. The number of nitrogens with zero attached hydrogens (tertiary/aromatic N) is 4. The summed E-state index contributed by atoms with van der Waals surface area (Å²) in [4.78, 5) is 9.73. The Bertz CT molecular complexity index is 1160. The fourth-order valence-electron chi connectivity index (χ4n) is 4.23. The van der Waals surface area contributed by atoms with Gasteiger partial charge in [0.25, 0.3) is 0 Å². The first-order valence-electron chi connectivity index (χ1n) is 10.8. The number of hydrogen-bond acceptors (Lipinski definition) is 5. The molecule has 8 heteroatoms. The van der Waals surface area contributed by atoms with Crippen molar-refractivity contribution < 1.29 is 13.2 Å². The van der Waals surface area contributed by atoms with Crippen molar-refractivity contribution in [1.29, 1.82) is 0 Å². The summed E-state index contributed by atoms with van der Waals surface area (Å²) in [7, 11) is -1.49. The summed E-state index contributed by atoms with van der Waals surface area (Å²) in [6, 6.07) is 10.3. The number of sulfonamides is 1. The van der Waals surface area contributed by atoms with Crippen molar-refractivity contribution in [2.75, 3.05) is 26.0 Å². The van der Waals surface area contributed by atoms with E-state index in [2.05, 4.69) is 29.5 Å². The molecule has 31 heavy (non-hydrogen) atoms. The second kappa shape index (κ2) is 8.59. The van der Waals surface area contributed by atoms with E-state index in [4.69, 9.17) is 9.72 Å². The highest BCUT2D eigenvalue weighted by Gasteiger charge is 2.29. The monoisotopic (exact) mass is 442 g/mol. The number of rotatable bonds is 6. The predicted octanol–water partition coefficient (Wildman–Crippen LogP) is 4.22. The van der Waals surface area contributed by atoms with Crippen LogP contribution in [-0.2, 0) is 10.0 Å². The molecule has 0 radical (unpaired) electrons. The first-order valence-corrected chi connectivity index (χ1v) is 12.4. The standard InChI is InChI=1S/C23H30N4O3S/c1-5-31(28,29)26-12-10-17(11-13-26)20-14-21-23(24-15-27(21)16(2)3)22(25-20)18-6-8-19(30-4)9-7-18/h6-9,14-17H,5,10-13H2,1-4H3. The minimum absolute atomic E-state index is 0.150. The van der Waals surface area contributed by atoms with E-state index in [1.54, 1.807) is 18.3 Å². The van der Waals surface area contributed by atoms with Gasteiger partial charge in [0, 0.05) is 36.3 Å². The topological polar surface area (TPSA) is 77.3 Å². The second-order valence-electron chi connectivity index (χ2n) is 8.31. The van der Waals surface area contributed by atoms with Crippen LogP contribution in [0.3, 0.4) is 0 Å². The number of piperidine rings is 1. The number of benzene rings is 1. The number of aromatic nitrogens is 3. The van der Waals surface area contributed by atoms with E-state index in [0.29, 0.717) is 13.1 Å². The summed E-state index contributed by atoms with van der Waals surface area (Å²) in [5.41, 5.74) is 4.81. The van der Waals surface area contributed by atoms with Crippen LogP contribution in [0.1, 0.15) is 51.3 Å². The average Bonchev–Trinajstić information content (AvgIpc) is 3.23. The van der Waals surface area contributed by atoms with Crippen molar-refractivity contribution in [2.24, 2.45) is 0 Å². The van der Waals surface area contributed by atoms with Crippen LogP contribution in [0.4, 0.5) is 0 Å². The molecular formula is C23H30N4O3S. The van der Waals surface area contributed by atoms with E-state index < -0.39 is 10.0 Å². The SMILES string of the molecule is CCS(=O)(=O)N1CCC(c2cc3c(ncn3C(C)C)c(-c3ccc(OC)cc3)n2)CC1. The van der Waals surface area contributed by atoms with Crippen LogP contribution in [0.25, 0.3) is 22.3 Å². The highest BCUT2D eigenvalue weighted by molar-refractivity contribution is 7.89. The lowest BCUT2D eigenvalue weighted by atomic mass is 9.93. The Labute approximate surface area is 184 Å². The van der Waals surface area contributed by atoms with Gasteiger partial charge in [-0.3, -0.25) is 4.98 Å². The molecule has 0 amide bonds. The molecule has 3 heterocycles. The fourth-order valence-corrected chi connectivity index (χ4v) is 5.37. The smallest absolute Gasteiger partial charge is 0.213 e. The molecule has 1 aliphatic rings. The Balaban J connectivity index is 1.75. The van der Waals surface area contributed by atoms with Crippen molar-refractivity contribution in [2.45, 2.75) is 45.6 Å². The van der Waals surface area contributed by atoms with Crippen LogP contribution >= 0.6 is 0 Å². The average molecular weight is 443 g/mol. The normalized spacial score (nSPS) is 16.3. The molecule has 0 unspecified atom stereocenters. The summed E-state index contributed by atoms with van der Waals surface area (Å²) < 4.78 is 33.6. The van der Waals surface area contributed by atoms with Gasteiger partial charge in [-0.15, -0.1) is 0 Å². The molecule has 0 bridgehead atoms. The van der Waals surface area contributed by atoms with Gasteiger partial charge in [0.2, 0.25) is 10.0 Å². The van der Waals surface area contributed by atoms with Crippen molar-refractivity contribution in [3.63, 3.8) is 0 Å². The van der Waals surface area contributed by atoms with E-state index in [-0.39, 0.29) is 17.7 Å². The van der Waals surface area contributed by atoms with E-state index in [9.17, 15) is 8.42 Å². The van der Waals surface area contributed by atoms with Crippen molar-refractivity contribution >= 4 is 21.1 Å². The van der Waals surface area contributed by atoms with Crippen LogP contribution in [0.15, 0.2) is 36.7 Å². The summed E-state index contributed by atoms with van der Waals surface area (Å²) in [6.45, 7) is 7.07. The molecule has 2 aromatic heterocycles. The molecule has 1 fully saturated rings. The molecule has 7 nitrogen and oxygen atoms in total. The zero-order valence-corrected chi connectivity index (χ0v) is 19.4. The molecule has 0 atom stereocenters. The molecule has 4 rings (SSSR count). The lowest BCUT2D eigenvalue weighted by molar-refractivity contribution is 0.317. The maximum atomic E-state index is 12.2. The van der Waals surface area contributed by atoms with Crippen LogP contribution < -0.4 is 4.74 Å². The van der Waals surface area contributed by atoms with Crippen molar-refractivity contribution in [3.8, 4) is 17.0 Å². The lowest BCUT2D eigenvalue weighted by Crippen LogP contribution is -2.38. The zero-order chi connectivity index (χ0) is 22.2. The van der Waals surface area contributed by atoms with Gasteiger partial charge in [0.1, 0.15) is 11.3 Å². The summed E-state index contributed by atoms with van der Waals surface area (Å²) in [5.74, 6) is 1.17. The maximum absolute atomic E-state index is 12.2. The van der Waals surface area contributed by atoms with Gasteiger partial charge in [0.15, 0.2) is 0 Å². The quantitative estimate of drug-likeness (QED) is 0.571. The molecule has 0 N–H and O–H groups in total. The molecule has 3 aromatic rings. The van der Waals surface area contributed by atoms with Gasteiger partial charge in [-0.05, 0) is 63.9 Å². The van der Waals surface area contributed by atoms with E-state index >= 15 is 0 Å². The predicted molar refractivity (Wildman–Crippen MR) is 123 cm³/mol. The molecule has 166 valence electrons. The number of fused-ring (bicyclic) bond motifs is 1. The van der Waals surface area contributed by atoms with Gasteiger partial charge < -0.3 is 9.30 Å². The minimum Gasteiger partial charge on any atom is -0.497 e. The van der Waals surface area contributed by atoms with Gasteiger partial charge >= 0.3 is 0 Å². The summed E-state index contributed by atoms with van der Waals surface area (Å²) in [6.07, 6.45) is 3.43. The third-order valence-electron chi connectivity index (χ3n) is 6.13. The van der Waals surface area contributed by atoms with Crippen molar-refractivity contribution in [3.05, 3.63) is 42.4 Å². The Kier molecular flexibility index (Phi) is 6.03. The van der Waals surface area contributed by atoms with E-state index in [1.165, 1.54) is 0 Å². The van der Waals surface area contributed by atoms with Gasteiger partial charge in [0.05, 0.1) is 30.4 Å². The molecule has 0 saturated carbocycles. The zero-order valence-electron chi connectivity index (χ0n) is 18.6. The Morgan fingerprint density at radius 3 is 2.42 bits per heavy atom. The maximum Gasteiger partial charge on any atom is 0.213 e. The molecular weight excluding hydrogens is 412 g/mol. The summed E-state index contributed by atoms with van der Waals surface area (Å²) >= 11 is 0. The van der Waals surface area contributed by atoms with Gasteiger partial charge in [-0.25, -0.2) is 17.7 Å². The second-order valence-corrected chi connectivity index (χ2v) is 10.6. The number of hydrogen-bond donors (Lipinski definition) is 0. The van der Waals surface area contributed by atoms with E-state index in [1.807, 2.05) is 30.6 Å². The van der Waals surface area contributed by atoms with Crippen LogP contribution in [-0.4, -0.2) is 53.2 Å². The van der Waals surface area contributed by atoms with E-state index in [0.717, 1.165) is 46.6 Å². The molecule has 0 spiro atoms. The number of methoxy groups -OCH3 is 1. The van der Waals surface area contributed by atoms with Crippen molar-refractivity contribution in [1.82, 2.24) is 18.8 Å². The third-order valence-corrected chi connectivity index (χ3v) is 8.01. The summed E-state index contributed by atoms with van der Waals surface area (Å²) in [5, 5.41) is 0. The molecule has 1 aliphatic heterocycles. The Hall–Kier alpha value is -2.45. The van der Waals surface area contributed by atoms with Gasteiger partial charge in [-0.2, -0.15) is 0 Å². The fraction of sp³-hybridized carbons (Fsp3) is 0.478. The number of ether oxygens (including phenoxy) is 1. The Morgan fingerprint density at radius 1 is 1.16 bits per heavy atom. The molecule has 1 saturated heterocycles. The highest BCUT2D eigenvalue weighted by Crippen LogP contribution is 2.35.